The smallest absolute Gasteiger partial charge is 0.0613 e. The predicted molar refractivity (Wildman–Crippen MR) is 62.2 cm³/mol. The zero-order valence-electron chi connectivity index (χ0n) is 10.1. The van der Waals surface area contributed by atoms with Gasteiger partial charge in [0.15, 0.2) is 0 Å². The van der Waals surface area contributed by atoms with Crippen LogP contribution in [0.15, 0.2) is 0 Å². The number of ether oxygens (including phenoxy) is 2. The first-order valence-electron chi connectivity index (χ1n) is 6.17. The van der Waals surface area contributed by atoms with Gasteiger partial charge in [-0.25, -0.2) is 0 Å². The van der Waals surface area contributed by atoms with Crippen molar-refractivity contribution in [1.29, 1.82) is 0 Å². The van der Waals surface area contributed by atoms with Gasteiger partial charge in [0.2, 0.25) is 0 Å². The van der Waals surface area contributed by atoms with Crippen LogP contribution in [0.5, 0.6) is 0 Å². The van der Waals surface area contributed by atoms with Crippen LogP contribution in [0.2, 0.25) is 0 Å². The molecular formula is C12H25NO2. The van der Waals surface area contributed by atoms with Gasteiger partial charge in [-0.2, -0.15) is 0 Å². The van der Waals surface area contributed by atoms with Gasteiger partial charge in [-0.3, -0.25) is 0 Å². The molecule has 0 aromatic rings. The van der Waals surface area contributed by atoms with Gasteiger partial charge >= 0.3 is 0 Å². The summed E-state index contributed by atoms with van der Waals surface area (Å²) in [5.41, 5.74) is 0. The molecule has 1 N–H and O–H groups in total. The van der Waals surface area contributed by atoms with Crippen LogP contribution >= 0.6 is 0 Å². The average molecular weight is 215 g/mol. The van der Waals surface area contributed by atoms with E-state index in [1.807, 2.05) is 0 Å². The number of nitrogens with one attached hydrogen (secondary N) is 1. The lowest BCUT2D eigenvalue weighted by molar-refractivity contribution is 0.0284. The van der Waals surface area contributed by atoms with Gasteiger partial charge in [0.25, 0.3) is 0 Å². The zero-order chi connectivity index (χ0) is 10.9. The Labute approximate surface area is 93.5 Å². The lowest BCUT2D eigenvalue weighted by Crippen LogP contribution is -2.33. The Morgan fingerprint density at radius 2 is 2.00 bits per heavy atom. The molecule has 1 unspecified atom stereocenters. The fraction of sp³-hybridized carbons (Fsp3) is 1.00. The van der Waals surface area contributed by atoms with E-state index in [1.54, 1.807) is 7.11 Å². The first-order valence-corrected chi connectivity index (χ1v) is 6.17. The summed E-state index contributed by atoms with van der Waals surface area (Å²) in [6, 6.07) is 0.421. The van der Waals surface area contributed by atoms with Crippen LogP contribution in [-0.4, -0.2) is 39.0 Å². The minimum atomic E-state index is 0.421. The number of hydrogen-bond donors (Lipinski definition) is 1. The van der Waals surface area contributed by atoms with E-state index in [2.05, 4.69) is 12.2 Å². The second-order valence-corrected chi connectivity index (χ2v) is 4.44. The van der Waals surface area contributed by atoms with Crippen LogP contribution in [0.4, 0.5) is 0 Å². The molecular weight excluding hydrogens is 190 g/mol. The van der Waals surface area contributed by atoms with Crippen molar-refractivity contribution < 1.29 is 9.47 Å². The molecule has 1 saturated carbocycles. The third-order valence-electron chi connectivity index (χ3n) is 2.92. The summed E-state index contributed by atoms with van der Waals surface area (Å²) in [5, 5.41) is 3.37. The van der Waals surface area contributed by atoms with Crippen LogP contribution in [0.25, 0.3) is 0 Å². The maximum Gasteiger partial charge on any atom is 0.0613 e. The van der Waals surface area contributed by atoms with Crippen molar-refractivity contribution >= 4 is 0 Å². The third-order valence-corrected chi connectivity index (χ3v) is 2.92. The number of methoxy groups -OCH3 is 1. The Morgan fingerprint density at radius 1 is 1.27 bits per heavy atom. The van der Waals surface area contributed by atoms with Crippen molar-refractivity contribution in [3.05, 3.63) is 0 Å². The van der Waals surface area contributed by atoms with Crippen molar-refractivity contribution in [2.24, 2.45) is 0 Å². The molecule has 1 aliphatic rings. The Balaban J connectivity index is 1.91. The summed E-state index contributed by atoms with van der Waals surface area (Å²) in [6.45, 7) is 4.66. The molecule has 0 aromatic carbocycles. The maximum absolute atomic E-state index is 5.81. The van der Waals surface area contributed by atoms with E-state index in [0.717, 1.165) is 19.8 Å². The van der Waals surface area contributed by atoms with Gasteiger partial charge in [-0.15, -0.1) is 0 Å². The van der Waals surface area contributed by atoms with Crippen molar-refractivity contribution in [3.8, 4) is 0 Å². The topological polar surface area (TPSA) is 30.5 Å². The Morgan fingerprint density at radius 3 is 2.67 bits per heavy atom. The fourth-order valence-electron chi connectivity index (χ4n) is 2.07. The molecule has 0 amide bonds. The Bertz CT molecular complexity index is 147. The minimum absolute atomic E-state index is 0.421. The summed E-state index contributed by atoms with van der Waals surface area (Å²) in [5.74, 6) is 0. The summed E-state index contributed by atoms with van der Waals surface area (Å²) in [7, 11) is 1.73. The van der Waals surface area contributed by atoms with E-state index in [0.29, 0.717) is 12.1 Å². The second kappa shape index (κ2) is 8.08. The van der Waals surface area contributed by atoms with E-state index in [4.69, 9.17) is 9.47 Å². The van der Waals surface area contributed by atoms with Crippen LogP contribution in [0.3, 0.4) is 0 Å². The van der Waals surface area contributed by atoms with E-state index >= 15 is 0 Å². The van der Waals surface area contributed by atoms with Crippen LogP contribution < -0.4 is 5.32 Å². The molecule has 1 atom stereocenters. The lowest BCUT2D eigenvalue weighted by atomic mass is 9.98. The van der Waals surface area contributed by atoms with E-state index in [-0.39, 0.29) is 0 Å². The minimum Gasteiger partial charge on any atom is -0.383 e. The van der Waals surface area contributed by atoms with E-state index in [9.17, 15) is 0 Å². The van der Waals surface area contributed by atoms with Crippen LogP contribution in [-0.2, 0) is 9.47 Å². The first kappa shape index (κ1) is 12.9. The highest BCUT2D eigenvalue weighted by Crippen LogP contribution is 2.19. The van der Waals surface area contributed by atoms with E-state index in [1.165, 1.54) is 32.1 Å². The summed E-state index contributed by atoms with van der Waals surface area (Å²) >= 11 is 0. The Kier molecular flexibility index (Phi) is 6.98. The maximum atomic E-state index is 5.81. The molecule has 0 bridgehead atoms. The van der Waals surface area contributed by atoms with Crippen molar-refractivity contribution in [2.45, 2.75) is 51.2 Å². The molecule has 1 fully saturated rings. The molecule has 0 aromatic heterocycles. The molecule has 0 spiro atoms. The number of hydrogen-bond acceptors (Lipinski definition) is 3. The summed E-state index contributed by atoms with van der Waals surface area (Å²) < 4.78 is 10.9. The summed E-state index contributed by atoms with van der Waals surface area (Å²) in [6.07, 6.45) is 7.12. The van der Waals surface area contributed by atoms with E-state index < -0.39 is 0 Å². The molecule has 0 saturated heterocycles. The van der Waals surface area contributed by atoms with Crippen molar-refractivity contribution in [2.75, 3.05) is 26.9 Å². The second-order valence-electron chi connectivity index (χ2n) is 4.44. The molecule has 3 heteroatoms. The van der Waals surface area contributed by atoms with Gasteiger partial charge in [-0.05, 0) is 19.8 Å². The standard InChI is InChI=1S/C12H25NO2/c1-11(10-14-2)13-8-9-15-12-6-4-3-5-7-12/h11-13H,3-10H2,1-2H3. The molecule has 1 rings (SSSR count). The normalized spacial score (nSPS) is 20.4. The zero-order valence-corrected chi connectivity index (χ0v) is 10.1. The van der Waals surface area contributed by atoms with Gasteiger partial charge in [-0.1, -0.05) is 19.3 Å². The average Bonchev–Trinajstić information content (AvgIpc) is 2.26. The largest absolute Gasteiger partial charge is 0.383 e. The van der Waals surface area contributed by atoms with Crippen molar-refractivity contribution in [3.63, 3.8) is 0 Å². The molecule has 1 aliphatic carbocycles. The highest BCUT2D eigenvalue weighted by atomic mass is 16.5. The Hall–Kier alpha value is -0.120. The highest BCUT2D eigenvalue weighted by Gasteiger charge is 2.13. The highest BCUT2D eigenvalue weighted by molar-refractivity contribution is 4.65. The van der Waals surface area contributed by atoms with Gasteiger partial charge in [0, 0.05) is 19.7 Å². The van der Waals surface area contributed by atoms with Crippen molar-refractivity contribution in [1.82, 2.24) is 5.32 Å². The summed E-state index contributed by atoms with van der Waals surface area (Å²) in [4.78, 5) is 0. The fourth-order valence-corrected chi connectivity index (χ4v) is 2.07. The SMILES string of the molecule is COCC(C)NCCOC1CCCCC1. The van der Waals surface area contributed by atoms with Gasteiger partial charge in [0.05, 0.1) is 19.3 Å². The molecule has 0 radical (unpaired) electrons. The quantitative estimate of drug-likeness (QED) is 0.659. The molecule has 0 aliphatic heterocycles. The number of rotatable bonds is 7. The third kappa shape index (κ3) is 6.13. The predicted octanol–water partition coefficient (Wildman–Crippen LogP) is 1.96. The first-order chi connectivity index (χ1) is 7.33. The molecule has 0 heterocycles. The molecule has 3 nitrogen and oxygen atoms in total. The van der Waals surface area contributed by atoms with Gasteiger partial charge in [0.1, 0.15) is 0 Å². The molecule has 90 valence electrons. The van der Waals surface area contributed by atoms with Gasteiger partial charge < -0.3 is 14.8 Å². The monoisotopic (exact) mass is 215 g/mol. The lowest BCUT2D eigenvalue weighted by Gasteiger charge is -2.22. The van der Waals surface area contributed by atoms with Crippen LogP contribution in [0.1, 0.15) is 39.0 Å². The molecule has 15 heavy (non-hydrogen) atoms. The van der Waals surface area contributed by atoms with Crippen LogP contribution in [0, 0.1) is 0 Å².